The first-order valence-corrected chi connectivity index (χ1v) is 6.40. The van der Waals surface area contributed by atoms with Crippen LogP contribution in [0.5, 0.6) is 0 Å². The molecule has 0 radical (unpaired) electrons. The summed E-state index contributed by atoms with van der Waals surface area (Å²) in [6.45, 7) is 8.63. The Kier molecular flexibility index (Phi) is 3.64. The molecule has 0 aliphatic carbocycles. The van der Waals surface area contributed by atoms with Crippen LogP contribution in [0.1, 0.15) is 32.6 Å². The zero-order chi connectivity index (χ0) is 11.5. The predicted molar refractivity (Wildman–Crippen MR) is 65.2 cm³/mol. The van der Waals surface area contributed by atoms with Gasteiger partial charge in [-0.1, -0.05) is 13.0 Å². The van der Waals surface area contributed by atoms with Gasteiger partial charge in [-0.3, -0.25) is 9.69 Å². The largest absolute Gasteiger partial charge is 0.341 e. The maximum absolute atomic E-state index is 11.7. The minimum Gasteiger partial charge on any atom is -0.341 e. The van der Waals surface area contributed by atoms with Gasteiger partial charge in [-0.15, -0.1) is 6.58 Å². The Morgan fingerprint density at radius 1 is 1.38 bits per heavy atom. The zero-order valence-corrected chi connectivity index (χ0v) is 10.2. The second-order valence-electron chi connectivity index (χ2n) is 4.85. The van der Waals surface area contributed by atoms with Gasteiger partial charge in [0, 0.05) is 38.1 Å². The average Bonchev–Trinajstić information content (AvgIpc) is 2.54. The molecule has 2 fully saturated rings. The highest BCUT2D eigenvalue weighted by molar-refractivity contribution is 5.75. The van der Waals surface area contributed by atoms with Gasteiger partial charge in [0.1, 0.15) is 0 Å². The highest BCUT2D eigenvalue weighted by Gasteiger charge is 2.37. The third-order valence-electron chi connectivity index (χ3n) is 3.93. The van der Waals surface area contributed by atoms with E-state index in [0.717, 1.165) is 26.1 Å². The first-order valence-electron chi connectivity index (χ1n) is 6.40. The van der Waals surface area contributed by atoms with Crippen LogP contribution in [0.3, 0.4) is 0 Å². The van der Waals surface area contributed by atoms with Crippen LogP contribution in [0.2, 0.25) is 0 Å². The van der Waals surface area contributed by atoms with Crippen molar-refractivity contribution in [1.82, 2.24) is 9.80 Å². The molecule has 2 aliphatic rings. The lowest BCUT2D eigenvalue weighted by molar-refractivity contribution is -0.131. The van der Waals surface area contributed by atoms with Crippen molar-refractivity contribution in [3.05, 3.63) is 12.7 Å². The number of amides is 1. The molecule has 0 saturated carbocycles. The Hall–Kier alpha value is -0.830. The molecule has 2 bridgehead atoms. The molecule has 2 rings (SSSR count). The first kappa shape index (κ1) is 11.6. The number of hydrogen-bond acceptors (Lipinski definition) is 2. The quantitative estimate of drug-likeness (QED) is 0.678. The Labute approximate surface area is 98.1 Å². The maximum atomic E-state index is 11.7. The van der Waals surface area contributed by atoms with Crippen LogP contribution in [-0.2, 0) is 4.79 Å². The lowest BCUT2D eigenvalue weighted by Gasteiger charge is -2.27. The van der Waals surface area contributed by atoms with Crippen LogP contribution in [0.4, 0.5) is 0 Å². The van der Waals surface area contributed by atoms with E-state index in [1.807, 2.05) is 13.0 Å². The van der Waals surface area contributed by atoms with E-state index >= 15 is 0 Å². The van der Waals surface area contributed by atoms with Gasteiger partial charge in [0.15, 0.2) is 0 Å². The molecule has 3 nitrogen and oxygen atoms in total. The van der Waals surface area contributed by atoms with Crippen LogP contribution in [0.25, 0.3) is 0 Å². The van der Waals surface area contributed by atoms with Gasteiger partial charge in [0.2, 0.25) is 5.91 Å². The van der Waals surface area contributed by atoms with E-state index in [2.05, 4.69) is 16.4 Å². The summed E-state index contributed by atoms with van der Waals surface area (Å²) in [4.78, 5) is 16.3. The number of rotatable bonds is 3. The summed E-state index contributed by atoms with van der Waals surface area (Å²) in [5.74, 6) is 0.311. The molecule has 90 valence electrons. The van der Waals surface area contributed by atoms with Crippen LogP contribution in [-0.4, -0.2) is 47.4 Å². The molecule has 2 aliphatic heterocycles. The number of fused-ring (bicyclic) bond motifs is 2. The van der Waals surface area contributed by atoms with Crippen LogP contribution < -0.4 is 0 Å². The molecule has 0 N–H and O–H groups in total. The number of carbonyl (C=O) groups excluding carboxylic acids is 1. The topological polar surface area (TPSA) is 23.6 Å². The van der Waals surface area contributed by atoms with Crippen molar-refractivity contribution in [1.29, 1.82) is 0 Å². The van der Waals surface area contributed by atoms with Gasteiger partial charge in [0.05, 0.1) is 0 Å². The Balaban J connectivity index is 2.04. The van der Waals surface area contributed by atoms with Crippen LogP contribution >= 0.6 is 0 Å². The van der Waals surface area contributed by atoms with Crippen molar-refractivity contribution in [2.75, 3.05) is 19.6 Å². The molecule has 2 heterocycles. The summed E-state index contributed by atoms with van der Waals surface area (Å²) in [6.07, 6.45) is 6.30. The predicted octanol–water partition coefficient (Wildman–Crippen LogP) is 1.65. The van der Waals surface area contributed by atoms with E-state index in [0.29, 0.717) is 24.4 Å². The summed E-state index contributed by atoms with van der Waals surface area (Å²) in [6, 6.07) is 1.25. The third-order valence-corrected chi connectivity index (χ3v) is 3.93. The summed E-state index contributed by atoms with van der Waals surface area (Å²) < 4.78 is 0. The van der Waals surface area contributed by atoms with E-state index < -0.39 is 0 Å². The molecular weight excluding hydrogens is 200 g/mol. The summed E-state index contributed by atoms with van der Waals surface area (Å²) in [7, 11) is 0. The third kappa shape index (κ3) is 2.14. The van der Waals surface area contributed by atoms with Crippen LogP contribution in [0.15, 0.2) is 12.7 Å². The molecule has 2 unspecified atom stereocenters. The number of carbonyl (C=O) groups is 1. The molecule has 16 heavy (non-hydrogen) atoms. The smallest absolute Gasteiger partial charge is 0.222 e. The minimum absolute atomic E-state index is 0.311. The summed E-state index contributed by atoms with van der Waals surface area (Å²) in [5.41, 5.74) is 0. The molecule has 0 aromatic rings. The van der Waals surface area contributed by atoms with E-state index in [1.54, 1.807) is 0 Å². The van der Waals surface area contributed by atoms with E-state index in [-0.39, 0.29) is 0 Å². The van der Waals surface area contributed by atoms with Gasteiger partial charge in [-0.05, 0) is 19.3 Å². The van der Waals surface area contributed by atoms with Crippen molar-refractivity contribution in [3.8, 4) is 0 Å². The van der Waals surface area contributed by atoms with Gasteiger partial charge in [0.25, 0.3) is 0 Å². The Bertz CT molecular complexity index is 277. The van der Waals surface area contributed by atoms with Crippen molar-refractivity contribution < 1.29 is 4.79 Å². The first-order chi connectivity index (χ1) is 7.76. The second kappa shape index (κ2) is 5.00. The molecule has 0 aromatic carbocycles. The average molecular weight is 222 g/mol. The van der Waals surface area contributed by atoms with Gasteiger partial charge in [-0.25, -0.2) is 0 Å². The van der Waals surface area contributed by atoms with Gasteiger partial charge in [-0.2, -0.15) is 0 Å². The molecule has 0 aromatic heterocycles. The van der Waals surface area contributed by atoms with E-state index in [1.165, 1.54) is 12.8 Å². The summed E-state index contributed by atoms with van der Waals surface area (Å²) >= 11 is 0. The fraction of sp³-hybridized carbons (Fsp3) is 0.769. The van der Waals surface area contributed by atoms with Crippen molar-refractivity contribution in [2.45, 2.75) is 44.7 Å². The Morgan fingerprint density at radius 2 is 2.12 bits per heavy atom. The second-order valence-corrected chi connectivity index (χ2v) is 4.85. The molecule has 3 heteroatoms. The fourth-order valence-corrected chi connectivity index (χ4v) is 3.07. The highest BCUT2D eigenvalue weighted by atomic mass is 16.2. The van der Waals surface area contributed by atoms with Crippen molar-refractivity contribution in [3.63, 3.8) is 0 Å². The normalized spacial score (nSPS) is 30.2. The van der Waals surface area contributed by atoms with Crippen LogP contribution in [0, 0.1) is 0 Å². The van der Waals surface area contributed by atoms with Gasteiger partial charge < -0.3 is 4.90 Å². The molecular formula is C13H22N2O. The highest BCUT2D eigenvalue weighted by Crippen LogP contribution is 2.30. The fourth-order valence-electron chi connectivity index (χ4n) is 3.07. The van der Waals surface area contributed by atoms with E-state index in [4.69, 9.17) is 0 Å². The molecule has 0 spiro atoms. The number of nitrogens with zero attached hydrogens (tertiary/aromatic N) is 2. The minimum atomic E-state index is 0.311. The number of hydrogen-bond donors (Lipinski definition) is 0. The van der Waals surface area contributed by atoms with Crippen molar-refractivity contribution in [2.24, 2.45) is 0 Å². The molecule has 2 saturated heterocycles. The van der Waals surface area contributed by atoms with E-state index in [9.17, 15) is 4.79 Å². The zero-order valence-electron chi connectivity index (χ0n) is 10.2. The molecule has 1 amide bonds. The standard InChI is InChI=1S/C13H22N2O/c1-3-8-15-11-5-6-12(15)10-14(9-7-11)13(16)4-2/h3,11-12H,1,4-10H2,2H3. The maximum Gasteiger partial charge on any atom is 0.222 e. The monoisotopic (exact) mass is 222 g/mol. The number of likely N-dealkylation sites (tertiary alicyclic amines) is 1. The van der Waals surface area contributed by atoms with Gasteiger partial charge >= 0.3 is 0 Å². The lowest BCUT2D eigenvalue weighted by Crippen LogP contribution is -2.41. The van der Waals surface area contributed by atoms with Crippen molar-refractivity contribution >= 4 is 5.91 Å². The SMILES string of the molecule is C=CCN1C2CCC1CN(C(=O)CC)CC2. The lowest BCUT2D eigenvalue weighted by atomic mass is 10.1. The summed E-state index contributed by atoms with van der Waals surface area (Å²) in [5, 5.41) is 0. The molecule has 2 atom stereocenters. The Morgan fingerprint density at radius 3 is 2.81 bits per heavy atom.